The van der Waals surface area contributed by atoms with Crippen molar-refractivity contribution in [2.45, 2.75) is 51.2 Å². The van der Waals surface area contributed by atoms with E-state index in [1.54, 1.807) is 12.3 Å². The summed E-state index contributed by atoms with van der Waals surface area (Å²) >= 11 is 0. The van der Waals surface area contributed by atoms with Gasteiger partial charge in [0.1, 0.15) is 18.1 Å². The molecule has 0 spiro atoms. The molecule has 8 heteroatoms. The Kier molecular flexibility index (Phi) is 5.55. The molecule has 2 heterocycles. The second kappa shape index (κ2) is 8.00. The van der Waals surface area contributed by atoms with Crippen LogP contribution >= 0.6 is 0 Å². The van der Waals surface area contributed by atoms with E-state index in [1.165, 1.54) is 0 Å². The molecule has 0 atom stereocenters. The summed E-state index contributed by atoms with van der Waals surface area (Å²) in [6.45, 7) is 8.02. The van der Waals surface area contributed by atoms with Crippen LogP contribution in [0.15, 0.2) is 30.6 Å². The average molecular weight is 432 g/mol. The molecule has 1 aliphatic rings. The number of ether oxygens (including phenoxy) is 2. The van der Waals surface area contributed by atoms with Crippen LogP contribution in [0.1, 0.15) is 24.3 Å². The molecule has 4 rings (SSSR count). The van der Waals surface area contributed by atoms with Gasteiger partial charge < -0.3 is 19.8 Å². The maximum Gasteiger partial charge on any atom is 0.198 e. The molecule has 0 saturated heterocycles. The topological polar surface area (TPSA) is 62.3 Å². The third-order valence-corrected chi connectivity index (χ3v) is 6.93. The Labute approximate surface area is 175 Å². The van der Waals surface area contributed by atoms with E-state index in [-0.39, 0.29) is 5.69 Å². The first-order valence-corrected chi connectivity index (χ1v) is 13.9. The van der Waals surface area contributed by atoms with Gasteiger partial charge in [0.05, 0.1) is 5.39 Å². The van der Waals surface area contributed by atoms with E-state index in [0.717, 1.165) is 42.0 Å². The van der Waals surface area contributed by atoms with E-state index in [4.69, 9.17) is 15.2 Å². The number of hydrogen-bond acceptors (Lipinski definition) is 4. The van der Waals surface area contributed by atoms with Crippen LogP contribution in [0.25, 0.3) is 11.0 Å². The molecule has 30 heavy (non-hydrogen) atoms. The van der Waals surface area contributed by atoms with Crippen molar-refractivity contribution < 1.29 is 18.3 Å². The standard InChI is InChI=1S/C22H27F2N3O2Si/c1-30(2,3)9-8-28-13-27-12-16(14-4-5-14)20-19(6-7-26-22(20)27)29-21-17(23)10-15(25)11-18(21)24/h6-7,10-12,14H,4-5,8-9,13,25H2,1-3H3. The van der Waals surface area contributed by atoms with E-state index in [1.807, 2.05) is 10.8 Å². The van der Waals surface area contributed by atoms with Crippen molar-refractivity contribution in [1.29, 1.82) is 0 Å². The summed E-state index contributed by atoms with van der Waals surface area (Å²) in [7, 11) is -1.17. The molecule has 1 aliphatic carbocycles. The van der Waals surface area contributed by atoms with Crippen LogP contribution in [0, 0.1) is 11.6 Å². The number of nitrogens with two attached hydrogens (primary N) is 1. The number of fused-ring (bicyclic) bond motifs is 1. The minimum absolute atomic E-state index is 0.0116. The molecule has 0 unspecified atom stereocenters. The van der Waals surface area contributed by atoms with Crippen LogP contribution in [-0.2, 0) is 11.5 Å². The minimum atomic E-state index is -1.17. The summed E-state index contributed by atoms with van der Waals surface area (Å²) in [5.41, 5.74) is 7.30. The van der Waals surface area contributed by atoms with E-state index in [9.17, 15) is 8.78 Å². The summed E-state index contributed by atoms with van der Waals surface area (Å²) < 4.78 is 42.2. The molecule has 3 aromatic rings. The first-order chi connectivity index (χ1) is 14.2. The van der Waals surface area contributed by atoms with Crippen LogP contribution in [0.3, 0.4) is 0 Å². The van der Waals surface area contributed by atoms with Crippen molar-refractivity contribution in [3.8, 4) is 11.5 Å². The summed E-state index contributed by atoms with van der Waals surface area (Å²) in [6, 6.07) is 4.82. The van der Waals surface area contributed by atoms with Crippen molar-refractivity contribution in [1.82, 2.24) is 9.55 Å². The van der Waals surface area contributed by atoms with Crippen LogP contribution in [0.5, 0.6) is 11.5 Å². The van der Waals surface area contributed by atoms with Gasteiger partial charge in [-0.15, -0.1) is 0 Å². The smallest absolute Gasteiger partial charge is 0.198 e. The first kappa shape index (κ1) is 20.8. The molecule has 2 N–H and O–H groups in total. The summed E-state index contributed by atoms with van der Waals surface area (Å²) in [5.74, 6) is -1.34. The number of benzene rings is 1. The van der Waals surface area contributed by atoms with Gasteiger partial charge in [-0.25, -0.2) is 13.8 Å². The van der Waals surface area contributed by atoms with Gasteiger partial charge in [0.25, 0.3) is 0 Å². The second-order valence-corrected chi connectivity index (χ2v) is 14.7. The Bertz CT molecular complexity index is 1050. The number of nitrogen functional groups attached to an aromatic ring is 1. The molecule has 1 fully saturated rings. The van der Waals surface area contributed by atoms with E-state index in [2.05, 4.69) is 24.6 Å². The fourth-order valence-electron chi connectivity index (χ4n) is 3.43. The maximum absolute atomic E-state index is 14.3. The molecule has 160 valence electrons. The fourth-order valence-corrected chi connectivity index (χ4v) is 4.19. The SMILES string of the molecule is C[Si](C)(C)CCOCn1cc(C2CC2)c2c(Oc3c(F)cc(N)cc3F)ccnc21. The highest BCUT2D eigenvalue weighted by atomic mass is 28.3. The summed E-state index contributed by atoms with van der Waals surface area (Å²) in [4.78, 5) is 4.50. The fraction of sp³-hybridized carbons (Fsp3) is 0.409. The zero-order valence-electron chi connectivity index (χ0n) is 17.5. The van der Waals surface area contributed by atoms with Gasteiger partial charge in [0.15, 0.2) is 17.4 Å². The Hall–Kier alpha value is -2.45. The number of aromatic nitrogens is 2. The Balaban J connectivity index is 1.66. The van der Waals surface area contributed by atoms with Crippen molar-refractivity contribution in [2.24, 2.45) is 0 Å². The molecule has 2 aromatic heterocycles. The highest BCUT2D eigenvalue weighted by molar-refractivity contribution is 6.76. The molecule has 0 aliphatic heterocycles. The quantitative estimate of drug-likeness (QED) is 0.275. The highest BCUT2D eigenvalue weighted by Gasteiger charge is 2.30. The molecule has 0 bridgehead atoms. The molecule has 0 radical (unpaired) electrons. The Morgan fingerprint density at radius 3 is 2.53 bits per heavy atom. The van der Waals surface area contributed by atoms with Gasteiger partial charge in [0, 0.05) is 44.9 Å². The third-order valence-electron chi connectivity index (χ3n) is 5.22. The van der Waals surface area contributed by atoms with Crippen LogP contribution in [-0.4, -0.2) is 24.2 Å². The molecule has 0 amide bonds. The lowest BCUT2D eigenvalue weighted by atomic mass is 10.1. The average Bonchev–Trinajstić information content (AvgIpc) is 3.43. The van der Waals surface area contributed by atoms with E-state index >= 15 is 0 Å². The predicted octanol–water partition coefficient (Wildman–Crippen LogP) is 5.88. The minimum Gasteiger partial charge on any atom is -0.450 e. The Morgan fingerprint density at radius 2 is 1.90 bits per heavy atom. The summed E-state index contributed by atoms with van der Waals surface area (Å²) in [6.07, 6.45) is 5.77. The lowest BCUT2D eigenvalue weighted by Gasteiger charge is -2.15. The molecule has 5 nitrogen and oxygen atoms in total. The third kappa shape index (κ3) is 4.49. The zero-order valence-corrected chi connectivity index (χ0v) is 18.5. The Morgan fingerprint density at radius 1 is 1.20 bits per heavy atom. The van der Waals surface area contributed by atoms with Gasteiger partial charge in [-0.1, -0.05) is 19.6 Å². The number of hydrogen-bond donors (Lipinski definition) is 1. The first-order valence-electron chi connectivity index (χ1n) is 10.2. The van der Waals surface area contributed by atoms with Gasteiger partial charge in [-0.05, 0) is 36.4 Å². The lowest BCUT2D eigenvalue weighted by Crippen LogP contribution is -2.22. The molecular formula is C22H27F2N3O2Si. The van der Waals surface area contributed by atoms with Crippen LogP contribution in [0.4, 0.5) is 14.5 Å². The van der Waals surface area contributed by atoms with Crippen LogP contribution in [0.2, 0.25) is 25.7 Å². The van der Waals surface area contributed by atoms with Gasteiger partial charge in [0.2, 0.25) is 0 Å². The normalized spacial score (nSPS) is 14.4. The number of pyridine rings is 1. The number of halogens is 2. The zero-order chi connectivity index (χ0) is 21.5. The van der Waals surface area contributed by atoms with Crippen molar-refractivity contribution in [3.63, 3.8) is 0 Å². The van der Waals surface area contributed by atoms with E-state index < -0.39 is 25.5 Å². The van der Waals surface area contributed by atoms with Gasteiger partial charge >= 0.3 is 0 Å². The molecular weight excluding hydrogens is 404 g/mol. The van der Waals surface area contributed by atoms with Crippen molar-refractivity contribution in [3.05, 3.63) is 47.8 Å². The lowest BCUT2D eigenvalue weighted by molar-refractivity contribution is 0.0898. The van der Waals surface area contributed by atoms with Gasteiger partial charge in [-0.3, -0.25) is 0 Å². The van der Waals surface area contributed by atoms with Gasteiger partial charge in [-0.2, -0.15) is 0 Å². The second-order valence-electron chi connectivity index (χ2n) is 9.10. The van der Waals surface area contributed by atoms with Crippen molar-refractivity contribution >= 4 is 24.8 Å². The predicted molar refractivity (Wildman–Crippen MR) is 117 cm³/mol. The number of rotatable bonds is 8. The monoisotopic (exact) mass is 431 g/mol. The number of anilines is 1. The molecule has 1 saturated carbocycles. The highest BCUT2D eigenvalue weighted by Crippen LogP contribution is 2.46. The maximum atomic E-state index is 14.3. The summed E-state index contributed by atoms with van der Waals surface area (Å²) in [5, 5.41) is 0.782. The van der Waals surface area contributed by atoms with E-state index in [0.29, 0.717) is 30.7 Å². The van der Waals surface area contributed by atoms with Crippen LogP contribution < -0.4 is 10.5 Å². The number of nitrogens with zero attached hydrogens (tertiary/aromatic N) is 2. The molecule has 1 aromatic carbocycles. The van der Waals surface area contributed by atoms with Crippen molar-refractivity contribution in [2.75, 3.05) is 12.3 Å². The largest absolute Gasteiger partial charge is 0.450 e.